The van der Waals surface area contributed by atoms with E-state index < -0.39 is 23.8 Å². The molecule has 0 bridgehead atoms. The van der Waals surface area contributed by atoms with E-state index in [1.165, 1.54) is 12.1 Å². The maximum Gasteiger partial charge on any atom is 0.266 e. The fourth-order valence-corrected chi connectivity index (χ4v) is 5.15. The van der Waals surface area contributed by atoms with Crippen molar-refractivity contribution in [2.75, 3.05) is 23.7 Å². The molecule has 2 aliphatic rings. The normalized spacial score (nSPS) is 20.2. The van der Waals surface area contributed by atoms with E-state index in [0.29, 0.717) is 29.4 Å². The quantitative estimate of drug-likeness (QED) is 0.354. The first kappa shape index (κ1) is 24.8. The molecule has 4 rings (SSSR count). The van der Waals surface area contributed by atoms with Crippen LogP contribution in [0.5, 0.6) is 0 Å². The van der Waals surface area contributed by atoms with Crippen molar-refractivity contribution >= 4 is 29.3 Å². The van der Waals surface area contributed by atoms with Crippen molar-refractivity contribution in [1.29, 1.82) is 0 Å². The number of anilines is 2. The Labute approximate surface area is 203 Å². The van der Waals surface area contributed by atoms with E-state index in [9.17, 15) is 13.2 Å². The molecule has 34 heavy (non-hydrogen) atoms. The largest absolute Gasteiger partial charge is 0.363 e. The van der Waals surface area contributed by atoms with Crippen LogP contribution in [-0.4, -0.2) is 39.5 Å². The Morgan fingerprint density at radius 3 is 2.44 bits per heavy atom. The molecule has 0 spiro atoms. The second-order valence-electron chi connectivity index (χ2n) is 9.35. The highest BCUT2D eigenvalue weighted by Gasteiger charge is 2.31. The van der Waals surface area contributed by atoms with Gasteiger partial charge in [-0.25, -0.2) is 23.1 Å². The Morgan fingerprint density at radius 2 is 1.79 bits per heavy atom. The van der Waals surface area contributed by atoms with Crippen LogP contribution in [0.25, 0.3) is 6.08 Å². The number of rotatable bonds is 6. The monoisotopic (exact) mass is 493 g/mol. The van der Waals surface area contributed by atoms with Crippen LogP contribution in [0, 0.1) is 18.7 Å². The zero-order valence-electron chi connectivity index (χ0n) is 19.9. The number of nitrogens with zero attached hydrogens (tertiary/aromatic N) is 3. The molecule has 1 unspecified atom stereocenters. The van der Waals surface area contributed by atoms with E-state index >= 15 is 0 Å². The summed E-state index contributed by atoms with van der Waals surface area (Å²) in [5, 5.41) is 6.51. The lowest BCUT2D eigenvalue weighted by Crippen LogP contribution is -2.40. The van der Waals surface area contributed by atoms with Crippen LogP contribution >= 0.6 is 11.6 Å². The number of hydrogen-bond donors (Lipinski definition) is 2. The highest BCUT2D eigenvalue weighted by Crippen LogP contribution is 2.39. The second kappa shape index (κ2) is 10.1. The number of alkyl halides is 3. The molecule has 2 aromatic rings. The smallest absolute Gasteiger partial charge is 0.266 e. The van der Waals surface area contributed by atoms with Gasteiger partial charge >= 0.3 is 0 Å². The average molecular weight is 494 g/mol. The molecule has 1 saturated heterocycles. The molecule has 9 heteroatoms. The lowest BCUT2D eigenvalue weighted by atomic mass is 9.86. The summed E-state index contributed by atoms with van der Waals surface area (Å²) in [5.41, 5.74) is 1.02. The molecule has 5 nitrogen and oxygen atoms in total. The number of halogens is 4. The van der Waals surface area contributed by atoms with Crippen LogP contribution < -0.4 is 10.6 Å². The van der Waals surface area contributed by atoms with Gasteiger partial charge in [0, 0.05) is 11.6 Å². The van der Waals surface area contributed by atoms with Gasteiger partial charge in [0.05, 0.1) is 17.2 Å². The number of nitrogens with one attached hydrogen (secondary N) is 2. The summed E-state index contributed by atoms with van der Waals surface area (Å²) in [7, 11) is 0. The minimum Gasteiger partial charge on any atom is -0.363 e. The Hall–Kier alpha value is -2.32. The van der Waals surface area contributed by atoms with Crippen LogP contribution in [0.15, 0.2) is 23.8 Å². The highest BCUT2D eigenvalue weighted by molar-refractivity contribution is 6.24. The van der Waals surface area contributed by atoms with Crippen LogP contribution in [0.1, 0.15) is 68.6 Å². The number of aromatic nitrogens is 2. The molecule has 2 atom stereocenters. The van der Waals surface area contributed by atoms with Crippen molar-refractivity contribution < 1.29 is 13.2 Å². The number of aryl methyl sites for hydroxylation is 1. The van der Waals surface area contributed by atoms with E-state index in [0.717, 1.165) is 43.1 Å². The third-order valence-electron chi connectivity index (χ3n) is 6.77. The van der Waals surface area contributed by atoms with E-state index in [1.54, 1.807) is 13.8 Å². The standard InChI is InChI=1S/C25H31ClF3N5/c1-13(2)34-10-8-16(9-11-34)19-12-20-24(31-15(4)32-25(20)33-22(19)26)30-14(3)17-6-5-7-18(21(17)27)23(28)29/h5-7,12-14,16,22-23H,8-11H2,1-4H3,(H2,30,31,32,33)/t14-,22?/m1/s1. The van der Waals surface area contributed by atoms with Crippen LogP contribution in [0.3, 0.4) is 0 Å². The van der Waals surface area contributed by atoms with Gasteiger partial charge in [-0.3, -0.25) is 0 Å². The Bertz CT molecular complexity index is 1070. The number of hydrogen-bond acceptors (Lipinski definition) is 5. The molecule has 0 radical (unpaired) electrons. The molecule has 2 N–H and O–H groups in total. The first-order chi connectivity index (χ1) is 16.2. The van der Waals surface area contributed by atoms with Crippen LogP contribution in [-0.2, 0) is 0 Å². The van der Waals surface area contributed by atoms with Crippen molar-refractivity contribution in [3.05, 3.63) is 52.1 Å². The Balaban J connectivity index is 1.63. The second-order valence-corrected chi connectivity index (χ2v) is 9.79. The summed E-state index contributed by atoms with van der Waals surface area (Å²) in [5.74, 6) is 1.08. The summed E-state index contributed by atoms with van der Waals surface area (Å²) in [6.45, 7) is 9.94. The fraction of sp³-hybridized carbons (Fsp3) is 0.520. The molecule has 0 amide bonds. The van der Waals surface area contributed by atoms with Gasteiger partial charge in [0.2, 0.25) is 0 Å². The third kappa shape index (κ3) is 5.03. The first-order valence-corrected chi connectivity index (χ1v) is 12.2. The Morgan fingerprint density at radius 1 is 1.12 bits per heavy atom. The molecular formula is C25H31ClF3N5. The topological polar surface area (TPSA) is 53.1 Å². The molecule has 0 saturated carbocycles. The number of benzene rings is 1. The van der Waals surface area contributed by atoms with Crippen molar-refractivity contribution in [3.8, 4) is 0 Å². The lowest BCUT2D eigenvalue weighted by molar-refractivity contribution is 0.146. The molecular weight excluding hydrogens is 463 g/mol. The molecule has 3 heterocycles. The summed E-state index contributed by atoms with van der Waals surface area (Å²) in [6, 6.07) is 3.99. The molecule has 1 fully saturated rings. The van der Waals surface area contributed by atoms with Gasteiger partial charge in [-0.15, -0.1) is 0 Å². The van der Waals surface area contributed by atoms with Crippen LogP contribution in [0.4, 0.5) is 24.8 Å². The maximum atomic E-state index is 14.7. The predicted molar refractivity (Wildman–Crippen MR) is 131 cm³/mol. The summed E-state index contributed by atoms with van der Waals surface area (Å²) in [4.78, 5) is 11.5. The van der Waals surface area contributed by atoms with Crippen LogP contribution in [0.2, 0.25) is 0 Å². The molecule has 1 aromatic carbocycles. The first-order valence-electron chi connectivity index (χ1n) is 11.7. The molecule has 184 valence electrons. The maximum absolute atomic E-state index is 14.7. The molecule has 0 aliphatic carbocycles. The van der Waals surface area contributed by atoms with Gasteiger partial charge in [0.1, 0.15) is 28.8 Å². The fourth-order valence-electron chi connectivity index (χ4n) is 4.81. The lowest BCUT2D eigenvalue weighted by Gasteiger charge is -2.38. The minimum absolute atomic E-state index is 0.159. The zero-order chi connectivity index (χ0) is 24.6. The van der Waals surface area contributed by atoms with E-state index in [1.807, 2.05) is 6.08 Å². The predicted octanol–water partition coefficient (Wildman–Crippen LogP) is 6.53. The van der Waals surface area contributed by atoms with Crippen molar-refractivity contribution in [3.63, 3.8) is 0 Å². The third-order valence-corrected chi connectivity index (χ3v) is 7.13. The zero-order valence-corrected chi connectivity index (χ0v) is 20.6. The summed E-state index contributed by atoms with van der Waals surface area (Å²) >= 11 is 6.72. The highest BCUT2D eigenvalue weighted by atomic mass is 35.5. The van der Waals surface area contributed by atoms with E-state index in [2.05, 4.69) is 39.3 Å². The Kier molecular flexibility index (Phi) is 7.38. The van der Waals surface area contributed by atoms with Gasteiger partial charge in [0.15, 0.2) is 0 Å². The van der Waals surface area contributed by atoms with Gasteiger partial charge < -0.3 is 15.5 Å². The summed E-state index contributed by atoms with van der Waals surface area (Å²) < 4.78 is 41.1. The van der Waals surface area contributed by atoms with Crippen molar-refractivity contribution in [1.82, 2.24) is 14.9 Å². The number of likely N-dealkylation sites (tertiary alicyclic amines) is 1. The van der Waals surface area contributed by atoms with E-state index in [4.69, 9.17) is 11.6 Å². The van der Waals surface area contributed by atoms with Crippen molar-refractivity contribution in [2.45, 2.75) is 64.5 Å². The molecule has 1 aromatic heterocycles. The average Bonchev–Trinajstić information content (AvgIpc) is 2.78. The SMILES string of the molecule is Cc1nc2c(c(N[C@H](C)c3cccc(C(F)F)c3F)n1)C=C(C1CCN(C(C)C)CC1)C(Cl)N2. The van der Waals surface area contributed by atoms with E-state index in [-0.39, 0.29) is 11.1 Å². The van der Waals surface area contributed by atoms with Gasteiger partial charge in [0.25, 0.3) is 6.43 Å². The number of piperidine rings is 1. The number of fused-ring (bicyclic) bond motifs is 1. The summed E-state index contributed by atoms with van der Waals surface area (Å²) in [6.07, 6.45) is 1.20. The van der Waals surface area contributed by atoms with Gasteiger partial charge in [-0.1, -0.05) is 29.8 Å². The molecule has 2 aliphatic heterocycles. The van der Waals surface area contributed by atoms with Crippen molar-refractivity contribution in [2.24, 2.45) is 5.92 Å². The minimum atomic E-state index is -2.88. The van der Waals surface area contributed by atoms with Gasteiger partial charge in [-0.2, -0.15) is 0 Å². The van der Waals surface area contributed by atoms with Gasteiger partial charge in [-0.05, 0) is 71.2 Å².